The Balaban J connectivity index is 1.06. The van der Waals surface area contributed by atoms with Gasteiger partial charge in [0.15, 0.2) is 0 Å². The van der Waals surface area contributed by atoms with E-state index in [2.05, 4.69) is 229 Å². The van der Waals surface area contributed by atoms with E-state index in [0.29, 0.717) is 0 Å². The molecule has 0 atom stereocenters. The first kappa shape index (κ1) is 33.6. The Morgan fingerprint density at radius 2 is 0.776 bits per heavy atom. The number of ether oxygens (including phenoxy) is 1. The quantitative estimate of drug-likeness (QED) is 0.168. The summed E-state index contributed by atoms with van der Waals surface area (Å²) in [6.45, 7) is 0. The summed E-state index contributed by atoms with van der Waals surface area (Å²) in [6, 6.07) is 80.5. The summed E-state index contributed by atoms with van der Waals surface area (Å²) in [4.78, 5) is 2.34. The maximum atomic E-state index is 7.00. The van der Waals surface area contributed by atoms with Crippen molar-refractivity contribution in [1.82, 2.24) is 0 Å². The first-order valence-corrected chi connectivity index (χ1v) is 19.8. The highest BCUT2D eigenvalue weighted by Gasteiger charge is 2.26. The molecule has 0 aliphatic carbocycles. The molecule has 0 N–H and O–H groups in total. The fraction of sp³-hybridized carbons (Fsp3) is 0. The highest BCUT2D eigenvalue weighted by Crippen LogP contribution is 2.53. The van der Waals surface area contributed by atoms with Crippen molar-refractivity contribution in [2.45, 2.75) is 0 Å². The molecule has 10 aromatic carbocycles. The van der Waals surface area contributed by atoms with Gasteiger partial charge in [-0.3, -0.25) is 0 Å². The fourth-order valence-corrected chi connectivity index (χ4v) is 8.64. The van der Waals surface area contributed by atoms with Crippen molar-refractivity contribution in [3.8, 4) is 67.1 Å². The summed E-state index contributed by atoms with van der Waals surface area (Å²) in [5.41, 5.74) is 14.8. The lowest BCUT2D eigenvalue weighted by molar-refractivity contribution is 0.488. The van der Waals surface area contributed by atoms with E-state index in [0.717, 1.165) is 50.6 Å². The highest BCUT2D eigenvalue weighted by atomic mass is 16.5. The third-order valence-corrected chi connectivity index (χ3v) is 11.5. The van der Waals surface area contributed by atoms with Crippen LogP contribution in [-0.4, -0.2) is 0 Å². The molecule has 0 bridgehead atoms. The van der Waals surface area contributed by atoms with Gasteiger partial charge in [-0.05, 0) is 115 Å². The summed E-state index contributed by atoms with van der Waals surface area (Å²) in [5.74, 6) is 1.68. The Morgan fingerprint density at radius 3 is 1.50 bits per heavy atom. The normalized spacial score (nSPS) is 11.6. The molecule has 58 heavy (non-hydrogen) atoms. The second-order valence-electron chi connectivity index (χ2n) is 14.9. The van der Waals surface area contributed by atoms with Gasteiger partial charge >= 0.3 is 0 Å². The van der Waals surface area contributed by atoms with E-state index in [1.54, 1.807) is 0 Å². The van der Waals surface area contributed by atoms with Crippen LogP contribution in [0.4, 0.5) is 17.1 Å². The second-order valence-corrected chi connectivity index (χ2v) is 14.9. The molecule has 0 saturated carbocycles. The van der Waals surface area contributed by atoms with Crippen molar-refractivity contribution in [3.63, 3.8) is 0 Å². The molecule has 0 spiro atoms. The van der Waals surface area contributed by atoms with Crippen LogP contribution in [0, 0.1) is 0 Å². The Bertz CT molecular complexity index is 3110. The van der Waals surface area contributed by atoms with E-state index < -0.39 is 0 Å². The summed E-state index contributed by atoms with van der Waals surface area (Å²) in [6.07, 6.45) is 0. The molecule has 1 aliphatic rings. The van der Waals surface area contributed by atoms with Crippen molar-refractivity contribution < 1.29 is 4.74 Å². The van der Waals surface area contributed by atoms with E-state index in [4.69, 9.17) is 4.74 Å². The summed E-state index contributed by atoms with van der Waals surface area (Å²) >= 11 is 0. The average Bonchev–Trinajstić information content (AvgIpc) is 3.43. The van der Waals surface area contributed by atoms with Gasteiger partial charge in [0.1, 0.15) is 11.5 Å². The van der Waals surface area contributed by atoms with Gasteiger partial charge in [-0.15, -0.1) is 0 Å². The van der Waals surface area contributed by atoms with Crippen LogP contribution >= 0.6 is 0 Å². The molecular weight excluding hydrogens is 703 g/mol. The predicted molar refractivity (Wildman–Crippen MR) is 243 cm³/mol. The zero-order valence-electron chi connectivity index (χ0n) is 31.7. The highest BCUT2D eigenvalue weighted by molar-refractivity contribution is 6.07. The van der Waals surface area contributed by atoms with Gasteiger partial charge in [0.2, 0.25) is 0 Å². The summed E-state index contributed by atoms with van der Waals surface area (Å²) in [7, 11) is 0. The Hall–Kier alpha value is -7.68. The Morgan fingerprint density at radius 1 is 0.276 bits per heavy atom. The number of nitrogens with zero attached hydrogens (tertiary/aromatic N) is 1. The second kappa shape index (κ2) is 14.1. The number of benzene rings is 10. The zero-order valence-corrected chi connectivity index (χ0v) is 31.7. The molecule has 0 aromatic heterocycles. The molecule has 2 heteroatoms. The van der Waals surface area contributed by atoms with Gasteiger partial charge in [0, 0.05) is 33.8 Å². The van der Waals surface area contributed by atoms with Crippen molar-refractivity contribution >= 4 is 38.6 Å². The van der Waals surface area contributed by atoms with Gasteiger partial charge in [0.25, 0.3) is 0 Å². The number of fused-ring (bicyclic) bond motifs is 7. The molecule has 272 valence electrons. The fourth-order valence-electron chi connectivity index (χ4n) is 8.64. The molecule has 0 amide bonds. The molecule has 10 aromatic rings. The van der Waals surface area contributed by atoms with Gasteiger partial charge in [-0.1, -0.05) is 170 Å². The standard InChI is InChI=1S/C56H37NO/c1-3-13-38(14-4-1)39-25-27-40(28-26-39)41-29-31-46(32-30-41)57(45-19-5-2-6-20-45)47-33-34-54-52(37-47)51-24-12-23-50(49-22-11-18-42-15-9-10-21-48(42)49)56(51)53-35-43-16-7-8-17-44(43)36-55(53)58-54/h1-37H. The van der Waals surface area contributed by atoms with Crippen molar-refractivity contribution in [3.05, 3.63) is 224 Å². The maximum absolute atomic E-state index is 7.00. The maximum Gasteiger partial charge on any atom is 0.135 e. The molecule has 0 saturated heterocycles. The predicted octanol–water partition coefficient (Wildman–Crippen LogP) is 15.9. The molecule has 0 unspecified atom stereocenters. The molecule has 1 heterocycles. The monoisotopic (exact) mass is 739 g/mol. The van der Waals surface area contributed by atoms with E-state index in [9.17, 15) is 0 Å². The minimum absolute atomic E-state index is 0.830. The van der Waals surface area contributed by atoms with Crippen molar-refractivity contribution in [2.75, 3.05) is 4.90 Å². The number of hydrogen-bond donors (Lipinski definition) is 0. The zero-order chi connectivity index (χ0) is 38.4. The van der Waals surface area contributed by atoms with Crippen LogP contribution in [0.3, 0.4) is 0 Å². The molecule has 11 rings (SSSR count). The smallest absolute Gasteiger partial charge is 0.135 e. The van der Waals surface area contributed by atoms with Gasteiger partial charge in [0.05, 0.1) is 0 Å². The van der Waals surface area contributed by atoms with Crippen LogP contribution in [-0.2, 0) is 0 Å². The van der Waals surface area contributed by atoms with Gasteiger partial charge in [-0.2, -0.15) is 0 Å². The van der Waals surface area contributed by atoms with E-state index in [-0.39, 0.29) is 0 Å². The SMILES string of the molecule is c1ccc(-c2ccc(-c3ccc(N(c4ccccc4)c4ccc5c(c4)-c4cccc(-c6cccc7ccccc67)c4-c4cc6ccccc6cc4O5)cc3)cc2)cc1. The third kappa shape index (κ3) is 5.91. The van der Waals surface area contributed by atoms with Gasteiger partial charge in [-0.25, -0.2) is 0 Å². The largest absolute Gasteiger partial charge is 0.456 e. The lowest BCUT2D eigenvalue weighted by atomic mass is 9.85. The third-order valence-electron chi connectivity index (χ3n) is 11.5. The molecule has 0 radical (unpaired) electrons. The molecule has 0 fully saturated rings. The van der Waals surface area contributed by atoms with Crippen LogP contribution in [0.2, 0.25) is 0 Å². The molecule has 2 nitrogen and oxygen atoms in total. The lowest BCUT2D eigenvalue weighted by Crippen LogP contribution is -2.10. The van der Waals surface area contributed by atoms with Gasteiger partial charge < -0.3 is 9.64 Å². The summed E-state index contributed by atoms with van der Waals surface area (Å²) < 4.78 is 7.00. The first-order valence-electron chi connectivity index (χ1n) is 19.8. The number of para-hydroxylation sites is 1. The van der Waals surface area contributed by atoms with E-state index in [1.165, 1.54) is 55.1 Å². The topological polar surface area (TPSA) is 12.5 Å². The minimum Gasteiger partial charge on any atom is -0.456 e. The van der Waals surface area contributed by atoms with Crippen LogP contribution in [0.1, 0.15) is 0 Å². The lowest BCUT2D eigenvalue weighted by Gasteiger charge is -2.27. The number of rotatable bonds is 6. The first-order chi connectivity index (χ1) is 28.7. The van der Waals surface area contributed by atoms with Crippen LogP contribution < -0.4 is 9.64 Å². The van der Waals surface area contributed by atoms with E-state index >= 15 is 0 Å². The molecule has 1 aliphatic heterocycles. The number of hydrogen-bond acceptors (Lipinski definition) is 2. The molecular formula is C56H37NO. The average molecular weight is 740 g/mol. The van der Waals surface area contributed by atoms with Crippen LogP contribution in [0.15, 0.2) is 224 Å². The van der Waals surface area contributed by atoms with Crippen LogP contribution in [0.5, 0.6) is 11.5 Å². The van der Waals surface area contributed by atoms with Crippen molar-refractivity contribution in [1.29, 1.82) is 0 Å². The van der Waals surface area contributed by atoms with Crippen molar-refractivity contribution in [2.24, 2.45) is 0 Å². The van der Waals surface area contributed by atoms with Crippen LogP contribution in [0.25, 0.3) is 77.2 Å². The Kier molecular flexibility index (Phi) is 8.19. The number of anilines is 3. The summed E-state index contributed by atoms with van der Waals surface area (Å²) in [5, 5.41) is 4.78. The Labute approximate surface area is 338 Å². The minimum atomic E-state index is 0.830. The van der Waals surface area contributed by atoms with E-state index in [1.807, 2.05) is 0 Å².